The summed E-state index contributed by atoms with van der Waals surface area (Å²) >= 11 is 0. The Morgan fingerprint density at radius 1 is 1.36 bits per heavy atom. The van der Waals surface area contributed by atoms with Gasteiger partial charge in [-0.15, -0.1) is 12.4 Å². The molecule has 0 aromatic carbocycles. The van der Waals surface area contributed by atoms with E-state index in [9.17, 15) is 4.79 Å². The fourth-order valence-corrected chi connectivity index (χ4v) is 0.469. The minimum atomic E-state index is -0.159. The van der Waals surface area contributed by atoms with Crippen LogP contribution in [0.2, 0.25) is 0 Å². The molecule has 0 radical (unpaired) electrons. The lowest BCUT2D eigenvalue weighted by Crippen LogP contribution is -2.53. The zero-order valence-corrected chi connectivity index (χ0v) is 10.4. The van der Waals surface area contributed by atoms with Crippen LogP contribution in [0.4, 0.5) is 0 Å². The summed E-state index contributed by atoms with van der Waals surface area (Å²) in [6.07, 6.45) is 0. The van der Waals surface area contributed by atoms with E-state index in [-0.39, 0.29) is 23.9 Å². The Morgan fingerprint density at radius 2 is 1.79 bits per heavy atom. The second-order valence-electron chi connectivity index (χ2n) is 4.24. The lowest BCUT2D eigenvalue weighted by atomic mass is 9.92. The van der Waals surface area contributed by atoms with Gasteiger partial charge >= 0.3 is 0 Å². The molecular weight excluding hydrogens is 200 g/mol. The Labute approximate surface area is 92.7 Å². The summed E-state index contributed by atoms with van der Waals surface area (Å²) in [5.41, 5.74) is 5.99. The normalized spacial score (nSPS) is 10.7. The number of amides is 1. The van der Waals surface area contributed by atoms with Crippen LogP contribution in [-0.2, 0) is 4.79 Å². The molecule has 0 aliphatic carbocycles. The van der Waals surface area contributed by atoms with Crippen molar-refractivity contribution in [2.75, 3.05) is 0 Å². The van der Waals surface area contributed by atoms with Crippen LogP contribution in [0.15, 0.2) is 12.2 Å². The molecule has 2 N–H and O–H groups in total. The van der Waals surface area contributed by atoms with Gasteiger partial charge in [-0.25, -0.2) is 5.43 Å². The van der Waals surface area contributed by atoms with Crippen molar-refractivity contribution in [2.45, 2.75) is 40.2 Å². The summed E-state index contributed by atoms with van der Waals surface area (Å²) in [7, 11) is 0. The summed E-state index contributed by atoms with van der Waals surface area (Å²) in [6, 6.07) is 0. The molecule has 0 aliphatic rings. The number of carbonyl (C=O) groups is 1. The standard InChI is InChI=1S/C10H20N2O.ClH/c1-7(2)9(13)11-12-10(5,6)8(3)4;/h8,12H,1H2,2-6H3,(H,11,13);1H. The van der Waals surface area contributed by atoms with E-state index in [2.05, 4.69) is 31.3 Å². The Bertz CT molecular complexity index is 212. The number of hydrogen-bond donors (Lipinski definition) is 2. The molecule has 0 aliphatic heterocycles. The maximum Gasteiger partial charge on any atom is 0.260 e. The average Bonchev–Trinajstić information content (AvgIpc) is 1.99. The van der Waals surface area contributed by atoms with Crippen molar-refractivity contribution < 1.29 is 4.79 Å². The quantitative estimate of drug-likeness (QED) is 0.563. The van der Waals surface area contributed by atoms with Gasteiger partial charge in [0.2, 0.25) is 0 Å². The highest BCUT2D eigenvalue weighted by Gasteiger charge is 2.22. The molecule has 3 nitrogen and oxygen atoms in total. The monoisotopic (exact) mass is 220 g/mol. The van der Waals surface area contributed by atoms with Crippen LogP contribution in [0, 0.1) is 5.92 Å². The van der Waals surface area contributed by atoms with E-state index in [4.69, 9.17) is 0 Å². The topological polar surface area (TPSA) is 41.1 Å². The molecule has 0 fully saturated rings. The van der Waals surface area contributed by atoms with Gasteiger partial charge in [0.15, 0.2) is 0 Å². The molecule has 0 heterocycles. The predicted octanol–water partition coefficient (Wildman–Crippen LogP) is 2.04. The van der Waals surface area contributed by atoms with Gasteiger partial charge in [0.1, 0.15) is 0 Å². The SMILES string of the molecule is C=C(C)C(=O)NNC(C)(C)C(C)C.Cl. The van der Waals surface area contributed by atoms with Gasteiger partial charge in [-0.3, -0.25) is 10.2 Å². The van der Waals surface area contributed by atoms with Gasteiger partial charge in [0.05, 0.1) is 0 Å². The molecule has 4 heteroatoms. The summed E-state index contributed by atoms with van der Waals surface area (Å²) in [5, 5.41) is 0. The molecule has 0 bridgehead atoms. The van der Waals surface area contributed by atoms with Crippen LogP contribution < -0.4 is 10.9 Å². The molecule has 0 atom stereocenters. The number of hydrogen-bond acceptors (Lipinski definition) is 2. The van der Waals surface area contributed by atoms with E-state index < -0.39 is 0 Å². The van der Waals surface area contributed by atoms with E-state index in [0.717, 1.165) is 0 Å². The molecule has 0 aromatic heterocycles. The van der Waals surface area contributed by atoms with E-state index in [1.807, 2.05) is 13.8 Å². The fourth-order valence-electron chi connectivity index (χ4n) is 0.469. The first-order valence-corrected chi connectivity index (χ1v) is 4.50. The first-order chi connectivity index (χ1) is 5.77. The first kappa shape index (κ1) is 15.9. The molecule has 0 saturated carbocycles. The minimum Gasteiger partial charge on any atom is -0.287 e. The third kappa shape index (κ3) is 5.25. The zero-order valence-electron chi connectivity index (χ0n) is 9.60. The van der Waals surface area contributed by atoms with Crippen LogP contribution in [-0.4, -0.2) is 11.4 Å². The number of nitrogens with one attached hydrogen (secondary N) is 2. The number of rotatable bonds is 4. The third-order valence-electron chi connectivity index (χ3n) is 2.33. The van der Waals surface area contributed by atoms with Crippen molar-refractivity contribution in [1.29, 1.82) is 0 Å². The first-order valence-electron chi connectivity index (χ1n) is 4.50. The maximum atomic E-state index is 11.1. The Morgan fingerprint density at radius 3 is 2.07 bits per heavy atom. The van der Waals surface area contributed by atoms with Crippen LogP contribution in [0.25, 0.3) is 0 Å². The highest BCUT2D eigenvalue weighted by atomic mass is 35.5. The van der Waals surface area contributed by atoms with E-state index >= 15 is 0 Å². The van der Waals surface area contributed by atoms with Crippen LogP contribution >= 0.6 is 12.4 Å². The highest BCUT2D eigenvalue weighted by Crippen LogP contribution is 2.13. The van der Waals surface area contributed by atoms with Gasteiger partial charge < -0.3 is 0 Å². The van der Waals surface area contributed by atoms with Gasteiger partial charge in [-0.2, -0.15) is 0 Å². The summed E-state index contributed by atoms with van der Waals surface area (Å²) in [5.74, 6) is 0.284. The van der Waals surface area contributed by atoms with Crippen molar-refractivity contribution >= 4 is 18.3 Å². The summed E-state index contributed by atoms with van der Waals surface area (Å²) in [4.78, 5) is 11.1. The summed E-state index contributed by atoms with van der Waals surface area (Å²) in [6.45, 7) is 13.5. The predicted molar refractivity (Wildman–Crippen MR) is 62.3 cm³/mol. The number of carbonyl (C=O) groups excluding carboxylic acids is 1. The summed E-state index contributed by atoms with van der Waals surface area (Å²) < 4.78 is 0. The molecular formula is C10H21ClN2O. The lowest BCUT2D eigenvalue weighted by molar-refractivity contribution is -0.119. The zero-order chi connectivity index (χ0) is 10.6. The Hall–Kier alpha value is -0.540. The van der Waals surface area contributed by atoms with Crippen molar-refractivity contribution in [1.82, 2.24) is 10.9 Å². The fraction of sp³-hybridized carbons (Fsp3) is 0.700. The minimum absolute atomic E-state index is 0. The molecule has 0 spiro atoms. The Kier molecular flexibility index (Phi) is 6.86. The smallest absolute Gasteiger partial charge is 0.260 e. The molecule has 84 valence electrons. The molecule has 0 aromatic rings. The third-order valence-corrected chi connectivity index (χ3v) is 2.33. The molecule has 0 unspecified atom stereocenters. The molecule has 1 amide bonds. The van der Waals surface area contributed by atoms with E-state index in [1.165, 1.54) is 0 Å². The highest BCUT2D eigenvalue weighted by molar-refractivity contribution is 5.91. The number of hydrazine groups is 1. The van der Waals surface area contributed by atoms with Gasteiger partial charge in [0.25, 0.3) is 5.91 Å². The second kappa shape index (κ2) is 6.04. The van der Waals surface area contributed by atoms with Crippen molar-refractivity contribution in [3.8, 4) is 0 Å². The maximum absolute atomic E-state index is 11.1. The van der Waals surface area contributed by atoms with E-state index in [1.54, 1.807) is 6.92 Å². The van der Waals surface area contributed by atoms with Crippen molar-refractivity contribution in [3.63, 3.8) is 0 Å². The number of halogens is 1. The van der Waals surface area contributed by atoms with Crippen molar-refractivity contribution in [3.05, 3.63) is 12.2 Å². The van der Waals surface area contributed by atoms with Gasteiger partial charge in [0, 0.05) is 11.1 Å². The van der Waals surface area contributed by atoms with Gasteiger partial charge in [-0.05, 0) is 26.7 Å². The van der Waals surface area contributed by atoms with Crippen LogP contribution in [0.5, 0.6) is 0 Å². The Balaban J connectivity index is 0. The van der Waals surface area contributed by atoms with Crippen molar-refractivity contribution in [2.24, 2.45) is 5.92 Å². The van der Waals surface area contributed by atoms with Crippen LogP contribution in [0.3, 0.4) is 0 Å². The largest absolute Gasteiger partial charge is 0.287 e. The lowest BCUT2D eigenvalue weighted by Gasteiger charge is -2.30. The average molecular weight is 221 g/mol. The second-order valence-corrected chi connectivity index (χ2v) is 4.24. The molecule has 0 rings (SSSR count). The van der Waals surface area contributed by atoms with E-state index in [0.29, 0.717) is 11.5 Å². The molecule has 14 heavy (non-hydrogen) atoms. The molecule has 0 saturated heterocycles. The van der Waals surface area contributed by atoms with Gasteiger partial charge in [-0.1, -0.05) is 20.4 Å². The van der Waals surface area contributed by atoms with Crippen LogP contribution in [0.1, 0.15) is 34.6 Å².